The first-order chi connectivity index (χ1) is 8.17. The van der Waals surface area contributed by atoms with E-state index in [0.29, 0.717) is 5.52 Å². The zero-order chi connectivity index (χ0) is 12.4. The van der Waals surface area contributed by atoms with E-state index >= 15 is 0 Å². The van der Waals surface area contributed by atoms with Crippen molar-refractivity contribution in [2.24, 2.45) is 0 Å². The molecule has 0 aliphatic rings. The third kappa shape index (κ3) is 1.99. The quantitative estimate of drug-likeness (QED) is 0.648. The van der Waals surface area contributed by atoms with Crippen LogP contribution in [0.25, 0.3) is 11.0 Å². The molecule has 0 saturated heterocycles. The number of nitro benzene ring substituents is 1. The number of non-ortho nitro benzene ring substituents is 1. The summed E-state index contributed by atoms with van der Waals surface area (Å²) in [5, 5.41) is 19.9. The first-order valence-electron chi connectivity index (χ1n) is 5.39. The molecule has 1 aromatic carbocycles. The Morgan fingerprint density at radius 2 is 2.35 bits per heavy atom. The lowest BCUT2D eigenvalue weighted by molar-refractivity contribution is -0.384. The van der Waals surface area contributed by atoms with Gasteiger partial charge in [0.2, 0.25) is 0 Å². The van der Waals surface area contributed by atoms with Gasteiger partial charge in [-0.15, -0.1) is 0 Å². The molecule has 0 amide bonds. The largest absolute Gasteiger partial charge is 0.394 e. The maximum absolute atomic E-state index is 10.6. The van der Waals surface area contributed by atoms with Crippen LogP contribution in [0.2, 0.25) is 0 Å². The summed E-state index contributed by atoms with van der Waals surface area (Å²) in [5.74, 6) is 0. The van der Waals surface area contributed by atoms with E-state index in [1.807, 2.05) is 11.5 Å². The lowest BCUT2D eigenvalue weighted by Crippen LogP contribution is -2.10. The van der Waals surface area contributed by atoms with Crippen LogP contribution in [0.1, 0.15) is 19.4 Å². The second-order valence-corrected chi connectivity index (χ2v) is 3.83. The Bertz CT molecular complexity index is 546. The van der Waals surface area contributed by atoms with Crippen LogP contribution in [0.15, 0.2) is 24.5 Å². The first-order valence-corrected chi connectivity index (χ1v) is 5.39. The molecule has 0 spiro atoms. The highest BCUT2D eigenvalue weighted by Gasteiger charge is 2.14. The standard InChI is InChI=1S/C11H13N3O3/c1-2-8(6-15)13-7-12-10-5-9(14(16)17)3-4-11(10)13/h3-5,7-8,15H,2,6H2,1H3/t8-/m0/s1. The van der Waals surface area contributed by atoms with E-state index in [-0.39, 0.29) is 18.3 Å². The fraction of sp³-hybridized carbons (Fsp3) is 0.364. The van der Waals surface area contributed by atoms with Crippen LogP contribution in [-0.2, 0) is 0 Å². The van der Waals surface area contributed by atoms with Crippen LogP contribution in [0.5, 0.6) is 0 Å². The van der Waals surface area contributed by atoms with Gasteiger partial charge in [-0.05, 0) is 12.5 Å². The number of fused-ring (bicyclic) bond motifs is 1. The Morgan fingerprint density at radius 1 is 1.59 bits per heavy atom. The average Bonchev–Trinajstić information content (AvgIpc) is 2.74. The second-order valence-electron chi connectivity index (χ2n) is 3.83. The Morgan fingerprint density at radius 3 is 2.94 bits per heavy atom. The average molecular weight is 235 g/mol. The Balaban J connectivity index is 2.51. The predicted octanol–water partition coefficient (Wildman–Crippen LogP) is 1.89. The summed E-state index contributed by atoms with van der Waals surface area (Å²) < 4.78 is 1.85. The maximum atomic E-state index is 10.6. The summed E-state index contributed by atoms with van der Waals surface area (Å²) in [4.78, 5) is 14.3. The van der Waals surface area contributed by atoms with Crippen molar-refractivity contribution in [3.05, 3.63) is 34.6 Å². The molecule has 0 aliphatic carbocycles. The molecule has 17 heavy (non-hydrogen) atoms. The Labute approximate surface area is 97.7 Å². The van der Waals surface area contributed by atoms with Gasteiger partial charge >= 0.3 is 0 Å². The highest BCUT2D eigenvalue weighted by molar-refractivity contribution is 5.78. The van der Waals surface area contributed by atoms with E-state index in [4.69, 9.17) is 0 Å². The van der Waals surface area contributed by atoms with E-state index < -0.39 is 4.92 Å². The number of hydrogen-bond acceptors (Lipinski definition) is 4. The number of aromatic nitrogens is 2. The molecule has 6 heteroatoms. The third-order valence-electron chi connectivity index (χ3n) is 2.84. The molecule has 6 nitrogen and oxygen atoms in total. The third-order valence-corrected chi connectivity index (χ3v) is 2.84. The molecule has 0 bridgehead atoms. The number of rotatable bonds is 4. The van der Waals surface area contributed by atoms with Crippen molar-refractivity contribution < 1.29 is 10.0 Å². The molecule has 0 aliphatic heterocycles. The molecular formula is C11H13N3O3. The Kier molecular flexibility index (Phi) is 3.06. The summed E-state index contributed by atoms with van der Waals surface area (Å²) in [5.41, 5.74) is 1.40. The molecule has 1 atom stereocenters. The van der Waals surface area contributed by atoms with Gasteiger partial charge in [0.05, 0.1) is 34.9 Å². The summed E-state index contributed by atoms with van der Waals surface area (Å²) in [6.45, 7) is 2.00. The summed E-state index contributed by atoms with van der Waals surface area (Å²) in [7, 11) is 0. The SMILES string of the molecule is CC[C@@H](CO)n1cnc2cc([N+](=O)[O-])ccc21. The van der Waals surface area contributed by atoms with Gasteiger partial charge in [0.25, 0.3) is 5.69 Å². The topological polar surface area (TPSA) is 81.2 Å². The highest BCUT2D eigenvalue weighted by atomic mass is 16.6. The van der Waals surface area contributed by atoms with Crippen molar-refractivity contribution in [1.82, 2.24) is 9.55 Å². The van der Waals surface area contributed by atoms with Crippen molar-refractivity contribution in [1.29, 1.82) is 0 Å². The molecule has 2 aromatic rings. The van der Waals surface area contributed by atoms with Gasteiger partial charge in [-0.2, -0.15) is 0 Å². The minimum absolute atomic E-state index is 0.0267. The summed E-state index contributed by atoms with van der Waals surface area (Å²) >= 11 is 0. The van der Waals surface area contributed by atoms with Crippen LogP contribution in [-0.4, -0.2) is 26.2 Å². The Hall–Kier alpha value is -1.95. The second kappa shape index (κ2) is 4.50. The monoisotopic (exact) mass is 235 g/mol. The molecule has 0 fully saturated rings. The van der Waals surface area contributed by atoms with Crippen LogP contribution in [0.4, 0.5) is 5.69 Å². The molecule has 0 radical (unpaired) electrons. The molecule has 1 N–H and O–H groups in total. The number of hydrogen-bond donors (Lipinski definition) is 1. The lowest BCUT2D eigenvalue weighted by atomic mass is 10.2. The van der Waals surface area contributed by atoms with Gasteiger partial charge in [0.1, 0.15) is 0 Å². The molecule has 0 saturated carbocycles. The molecule has 1 aromatic heterocycles. The number of imidazole rings is 1. The van der Waals surface area contributed by atoms with Crippen molar-refractivity contribution in [2.75, 3.05) is 6.61 Å². The number of aliphatic hydroxyl groups is 1. The fourth-order valence-corrected chi connectivity index (χ4v) is 1.84. The lowest BCUT2D eigenvalue weighted by Gasteiger charge is -2.14. The van der Waals surface area contributed by atoms with Gasteiger partial charge in [0.15, 0.2) is 0 Å². The van der Waals surface area contributed by atoms with Gasteiger partial charge < -0.3 is 9.67 Å². The van der Waals surface area contributed by atoms with E-state index in [2.05, 4.69) is 4.98 Å². The van der Waals surface area contributed by atoms with Crippen LogP contribution in [0, 0.1) is 10.1 Å². The van der Waals surface area contributed by atoms with Crippen molar-refractivity contribution in [2.45, 2.75) is 19.4 Å². The minimum Gasteiger partial charge on any atom is -0.394 e. The van der Waals surface area contributed by atoms with Gasteiger partial charge in [0, 0.05) is 12.1 Å². The van der Waals surface area contributed by atoms with Gasteiger partial charge in [-0.25, -0.2) is 4.98 Å². The number of benzene rings is 1. The summed E-state index contributed by atoms with van der Waals surface area (Å²) in [6.07, 6.45) is 2.39. The van der Waals surface area contributed by atoms with E-state index in [0.717, 1.165) is 11.9 Å². The predicted molar refractivity (Wildman–Crippen MR) is 62.8 cm³/mol. The van der Waals surface area contributed by atoms with Crippen molar-refractivity contribution in [3.8, 4) is 0 Å². The molecule has 90 valence electrons. The minimum atomic E-state index is -0.443. The maximum Gasteiger partial charge on any atom is 0.271 e. The zero-order valence-electron chi connectivity index (χ0n) is 9.41. The first kappa shape index (κ1) is 11.5. The normalized spacial score (nSPS) is 12.8. The van der Waals surface area contributed by atoms with E-state index in [1.165, 1.54) is 12.1 Å². The number of nitro groups is 1. The smallest absolute Gasteiger partial charge is 0.271 e. The van der Waals surface area contributed by atoms with Crippen molar-refractivity contribution in [3.63, 3.8) is 0 Å². The molecule has 2 rings (SSSR count). The van der Waals surface area contributed by atoms with Crippen molar-refractivity contribution >= 4 is 16.7 Å². The van der Waals surface area contributed by atoms with Gasteiger partial charge in [-0.3, -0.25) is 10.1 Å². The van der Waals surface area contributed by atoms with Crippen LogP contribution in [0.3, 0.4) is 0 Å². The molecule has 1 heterocycles. The molecular weight excluding hydrogens is 222 g/mol. The van der Waals surface area contributed by atoms with Crippen LogP contribution < -0.4 is 0 Å². The van der Waals surface area contributed by atoms with Gasteiger partial charge in [-0.1, -0.05) is 6.92 Å². The number of aliphatic hydroxyl groups excluding tert-OH is 1. The highest BCUT2D eigenvalue weighted by Crippen LogP contribution is 2.23. The number of nitrogens with zero attached hydrogens (tertiary/aromatic N) is 3. The van der Waals surface area contributed by atoms with E-state index in [9.17, 15) is 15.2 Å². The molecule has 0 unspecified atom stereocenters. The van der Waals surface area contributed by atoms with Crippen LogP contribution >= 0.6 is 0 Å². The van der Waals surface area contributed by atoms with E-state index in [1.54, 1.807) is 12.4 Å². The fourth-order valence-electron chi connectivity index (χ4n) is 1.84. The summed E-state index contributed by atoms with van der Waals surface area (Å²) in [6, 6.07) is 4.51. The zero-order valence-corrected chi connectivity index (χ0v) is 9.41.